The van der Waals surface area contributed by atoms with Crippen LogP contribution in [0.1, 0.15) is 19.3 Å². The molecule has 0 bridgehead atoms. The van der Waals surface area contributed by atoms with Crippen LogP contribution in [0.15, 0.2) is 0 Å². The summed E-state index contributed by atoms with van der Waals surface area (Å²) >= 11 is 0. The van der Waals surface area contributed by atoms with Crippen molar-refractivity contribution in [3.05, 3.63) is 0 Å². The van der Waals surface area contributed by atoms with E-state index in [1.807, 2.05) is 0 Å². The molecule has 1 aliphatic rings. The normalized spacial score (nSPS) is 23.3. The minimum Gasteiger partial charge on any atom is -0.341 e. The second-order valence-electron chi connectivity index (χ2n) is 3.44. The Kier molecular flexibility index (Phi) is 3.36. The Labute approximate surface area is 80.0 Å². The second-order valence-corrected chi connectivity index (χ2v) is 3.44. The Morgan fingerprint density at radius 1 is 1.50 bits per heavy atom. The topological polar surface area (TPSA) is 46.3 Å². The van der Waals surface area contributed by atoms with Crippen LogP contribution >= 0.6 is 0 Å². The smallest absolute Gasteiger partial charge is 0.341 e. The first-order valence-electron chi connectivity index (χ1n) is 4.51. The summed E-state index contributed by atoms with van der Waals surface area (Å²) in [5.74, 6) is -0.229. The third-order valence-corrected chi connectivity index (χ3v) is 2.23. The van der Waals surface area contributed by atoms with Crippen LogP contribution in [0.5, 0.6) is 0 Å². The van der Waals surface area contributed by atoms with Crippen LogP contribution in [0, 0.1) is 0 Å². The molecule has 82 valence electrons. The molecule has 2 N–H and O–H groups in total. The average molecular weight is 210 g/mol. The van der Waals surface area contributed by atoms with Gasteiger partial charge < -0.3 is 10.6 Å². The van der Waals surface area contributed by atoms with Crippen molar-refractivity contribution in [3.63, 3.8) is 0 Å². The molecule has 6 heteroatoms. The molecule has 1 heterocycles. The van der Waals surface area contributed by atoms with Crippen LogP contribution in [-0.2, 0) is 4.79 Å². The Balaban J connectivity index is 2.23. The van der Waals surface area contributed by atoms with Crippen LogP contribution in [-0.4, -0.2) is 36.1 Å². The lowest BCUT2D eigenvalue weighted by Gasteiger charge is -2.16. The molecule has 1 atom stereocenters. The van der Waals surface area contributed by atoms with Gasteiger partial charge in [0.1, 0.15) is 0 Å². The number of amides is 1. The van der Waals surface area contributed by atoms with Gasteiger partial charge in [-0.25, -0.2) is 0 Å². The number of carbonyl (C=O) groups is 1. The van der Waals surface area contributed by atoms with Crippen molar-refractivity contribution in [2.24, 2.45) is 5.73 Å². The van der Waals surface area contributed by atoms with Gasteiger partial charge in [-0.1, -0.05) is 0 Å². The van der Waals surface area contributed by atoms with Crippen molar-refractivity contribution in [1.29, 1.82) is 0 Å². The van der Waals surface area contributed by atoms with Gasteiger partial charge in [-0.3, -0.25) is 4.79 Å². The molecule has 1 saturated heterocycles. The van der Waals surface area contributed by atoms with E-state index in [0.29, 0.717) is 13.0 Å². The molecule has 0 radical (unpaired) electrons. The number of hydrogen-bond donors (Lipinski definition) is 1. The lowest BCUT2D eigenvalue weighted by Crippen LogP contribution is -2.34. The molecule has 14 heavy (non-hydrogen) atoms. The van der Waals surface area contributed by atoms with Crippen LogP contribution in [0.2, 0.25) is 0 Å². The van der Waals surface area contributed by atoms with E-state index in [4.69, 9.17) is 5.73 Å². The molecule has 0 aromatic carbocycles. The lowest BCUT2D eigenvalue weighted by molar-refractivity contribution is -0.139. The Hall–Kier alpha value is -0.780. The highest BCUT2D eigenvalue weighted by Gasteiger charge is 2.30. The van der Waals surface area contributed by atoms with Gasteiger partial charge in [-0.05, 0) is 12.8 Å². The summed E-state index contributed by atoms with van der Waals surface area (Å²) in [6, 6.07) is -0.513. The summed E-state index contributed by atoms with van der Waals surface area (Å²) in [7, 11) is 0. The van der Waals surface area contributed by atoms with E-state index in [1.165, 1.54) is 4.90 Å². The van der Waals surface area contributed by atoms with Crippen molar-refractivity contribution in [2.45, 2.75) is 31.5 Å². The summed E-state index contributed by atoms with van der Waals surface area (Å²) in [4.78, 5) is 12.6. The van der Waals surface area contributed by atoms with Gasteiger partial charge in [-0.2, -0.15) is 13.2 Å². The van der Waals surface area contributed by atoms with Crippen molar-refractivity contribution in [3.8, 4) is 0 Å². The predicted molar refractivity (Wildman–Crippen MR) is 44.5 cm³/mol. The van der Waals surface area contributed by atoms with Gasteiger partial charge in [0, 0.05) is 19.5 Å². The first-order chi connectivity index (χ1) is 6.40. The van der Waals surface area contributed by atoms with E-state index >= 15 is 0 Å². The lowest BCUT2D eigenvalue weighted by atomic mass is 10.3. The first kappa shape index (κ1) is 11.3. The Morgan fingerprint density at radius 2 is 2.14 bits per heavy atom. The van der Waals surface area contributed by atoms with E-state index in [-0.39, 0.29) is 18.9 Å². The number of nitrogens with zero attached hydrogens (tertiary/aromatic N) is 1. The molecular weight excluding hydrogens is 197 g/mol. The van der Waals surface area contributed by atoms with Gasteiger partial charge in [0.2, 0.25) is 5.91 Å². The zero-order chi connectivity index (χ0) is 10.8. The van der Waals surface area contributed by atoms with Crippen LogP contribution in [0.25, 0.3) is 0 Å². The number of halogens is 3. The monoisotopic (exact) mass is 210 g/mol. The van der Waals surface area contributed by atoms with Crippen LogP contribution in [0.4, 0.5) is 13.2 Å². The standard InChI is InChI=1S/C8H13F3N2O/c9-8(10,11)3-1-4-13-5-2-6(12)7(13)14/h6H,1-5,12H2. The van der Waals surface area contributed by atoms with Crippen molar-refractivity contribution in [2.75, 3.05) is 13.1 Å². The molecule has 1 fully saturated rings. The SMILES string of the molecule is NC1CCN(CCCC(F)(F)F)C1=O. The summed E-state index contributed by atoms with van der Waals surface area (Å²) in [6.45, 7) is 0.643. The fraction of sp³-hybridized carbons (Fsp3) is 0.875. The van der Waals surface area contributed by atoms with Crippen molar-refractivity contribution in [1.82, 2.24) is 4.90 Å². The predicted octanol–water partition coefficient (Wildman–Crippen LogP) is 0.888. The fourth-order valence-electron chi connectivity index (χ4n) is 1.46. The van der Waals surface area contributed by atoms with Crippen molar-refractivity contribution < 1.29 is 18.0 Å². The summed E-state index contributed by atoms with van der Waals surface area (Å²) < 4.78 is 35.3. The molecule has 0 aromatic heterocycles. The van der Waals surface area contributed by atoms with E-state index in [9.17, 15) is 18.0 Å². The molecule has 1 rings (SSSR count). The number of likely N-dealkylation sites (tertiary alicyclic amines) is 1. The zero-order valence-corrected chi connectivity index (χ0v) is 7.68. The maximum atomic E-state index is 11.8. The third-order valence-electron chi connectivity index (χ3n) is 2.23. The number of alkyl halides is 3. The molecule has 1 aliphatic heterocycles. The quantitative estimate of drug-likeness (QED) is 0.751. The highest BCUT2D eigenvalue weighted by atomic mass is 19.4. The Morgan fingerprint density at radius 3 is 2.57 bits per heavy atom. The number of rotatable bonds is 3. The van der Waals surface area contributed by atoms with Crippen LogP contribution in [0.3, 0.4) is 0 Å². The van der Waals surface area contributed by atoms with Crippen molar-refractivity contribution >= 4 is 5.91 Å². The molecule has 0 aromatic rings. The number of hydrogen-bond acceptors (Lipinski definition) is 2. The Bertz CT molecular complexity index is 217. The number of nitrogens with two attached hydrogens (primary N) is 1. The molecule has 3 nitrogen and oxygen atoms in total. The van der Waals surface area contributed by atoms with E-state index in [2.05, 4.69) is 0 Å². The summed E-state index contributed by atoms with van der Waals surface area (Å²) in [5.41, 5.74) is 5.41. The third kappa shape index (κ3) is 3.17. The molecule has 0 aliphatic carbocycles. The van der Waals surface area contributed by atoms with Gasteiger partial charge >= 0.3 is 6.18 Å². The van der Waals surface area contributed by atoms with Gasteiger partial charge in [0.25, 0.3) is 0 Å². The average Bonchev–Trinajstić information content (AvgIpc) is 2.33. The molecule has 1 unspecified atom stereocenters. The minimum atomic E-state index is -4.13. The zero-order valence-electron chi connectivity index (χ0n) is 7.68. The van der Waals surface area contributed by atoms with Crippen LogP contribution < -0.4 is 5.73 Å². The molecule has 0 saturated carbocycles. The van der Waals surface area contributed by atoms with E-state index in [0.717, 1.165) is 0 Å². The largest absolute Gasteiger partial charge is 0.389 e. The minimum absolute atomic E-state index is 0.0397. The second kappa shape index (κ2) is 4.16. The first-order valence-corrected chi connectivity index (χ1v) is 4.51. The highest BCUT2D eigenvalue weighted by Crippen LogP contribution is 2.22. The fourth-order valence-corrected chi connectivity index (χ4v) is 1.46. The van der Waals surface area contributed by atoms with E-state index in [1.54, 1.807) is 0 Å². The summed E-state index contributed by atoms with van der Waals surface area (Å²) in [6.07, 6.45) is -4.47. The van der Waals surface area contributed by atoms with Gasteiger partial charge in [-0.15, -0.1) is 0 Å². The molecular formula is C8H13F3N2O. The molecule has 1 amide bonds. The maximum Gasteiger partial charge on any atom is 0.389 e. The summed E-state index contributed by atoms with van der Waals surface area (Å²) in [5, 5.41) is 0. The molecule has 0 spiro atoms. The highest BCUT2D eigenvalue weighted by molar-refractivity contribution is 5.83. The van der Waals surface area contributed by atoms with E-state index < -0.39 is 18.6 Å². The maximum absolute atomic E-state index is 11.8. The van der Waals surface area contributed by atoms with Gasteiger partial charge in [0.05, 0.1) is 6.04 Å². The number of carbonyl (C=O) groups excluding carboxylic acids is 1. The van der Waals surface area contributed by atoms with Gasteiger partial charge in [0.15, 0.2) is 0 Å².